The fourth-order valence-electron chi connectivity index (χ4n) is 1.20. The summed E-state index contributed by atoms with van der Waals surface area (Å²) in [6, 6.07) is 0.148. The molecule has 2 aromatic heterocycles. The van der Waals surface area contributed by atoms with Crippen LogP contribution in [0.2, 0.25) is 0 Å². The van der Waals surface area contributed by atoms with Gasteiger partial charge in [-0.05, 0) is 22.9 Å². The highest BCUT2D eigenvalue weighted by Gasteiger charge is 2.08. The lowest BCUT2D eigenvalue weighted by atomic mass is 10.2. The van der Waals surface area contributed by atoms with E-state index < -0.39 is 0 Å². The van der Waals surface area contributed by atoms with E-state index in [0.717, 1.165) is 15.9 Å². The van der Waals surface area contributed by atoms with E-state index in [1.54, 1.807) is 12.4 Å². The van der Waals surface area contributed by atoms with Gasteiger partial charge in [0, 0.05) is 18.0 Å². The summed E-state index contributed by atoms with van der Waals surface area (Å²) in [5, 5.41) is 9.93. The summed E-state index contributed by atoms with van der Waals surface area (Å²) < 4.78 is 0.848. The van der Waals surface area contributed by atoms with Crippen molar-refractivity contribution in [3.63, 3.8) is 0 Å². The van der Waals surface area contributed by atoms with Gasteiger partial charge in [0.25, 0.3) is 0 Å². The van der Waals surface area contributed by atoms with Gasteiger partial charge in [-0.2, -0.15) is 5.10 Å². The highest BCUT2D eigenvalue weighted by atomic mass is 79.9. The van der Waals surface area contributed by atoms with Gasteiger partial charge in [0.15, 0.2) is 0 Å². The number of anilines is 1. The molecule has 15 heavy (non-hydrogen) atoms. The van der Waals surface area contributed by atoms with E-state index in [4.69, 9.17) is 0 Å². The Morgan fingerprint density at radius 1 is 1.47 bits per heavy atom. The minimum atomic E-state index is 0.148. The van der Waals surface area contributed by atoms with Crippen LogP contribution in [0.5, 0.6) is 0 Å². The molecular weight excluding hydrogens is 258 g/mol. The zero-order valence-electron chi connectivity index (χ0n) is 8.11. The molecule has 78 valence electrons. The smallest absolute Gasteiger partial charge is 0.144 e. The largest absolute Gasteiger partial charge is 0.362 e. The van der Waals surface area contributed by atoms with Crippen molar-refractivity contribution in [3.05, 3.63) is 35.0 Å². The summed E-state index contributed by atoms with van der Waals surface area (Å²) in [6.07, 6.45) is 6.85. The Bertz CT molecular complexity index is 428. The van der Waals surface area contributed by atoms with Crippen molar-refractivity contribution in [2.24, 2.45) is 0 Å². The van der Waals surface area contributed by atoms with Gasteiger partial charge in [0.05, 0.1) is 16.7 Å². The van der Waals surface area contributed by atoms with E-state index in [1.807, 2.05) is 13.1 Å². The molecule has 0 aliphatic rings. The summed E-state index contributed by atoms with van der Waals surface area (Å²) in [4.78, 5) is 8.03. The maximum Gasteiger partial charge on any atom is 0.144 e. The molecule has 0 aromatic carbocycles. The Morgan fingerprint density at radius 2 is 2.33 bits per heavy atom. The summed E-state index contributed by atoms with van der Waals surface area (Å²) in [5.74, 6) is 0.777. The highest BCUT2D eigenvalue weighted by molar-refractivity contribution is 9.10. The Kier molecular flexibility index (Phi) is 2.96. The van der Waals surface area contributed by atoms with Gasteiger partial charge in [-0.3, -0.25) is 5.10 Å². The molecule has 1 atom stereocenters. The van der Waals surface area contributed by atoms with Crippen LogP contribution in [0.3, 0.4) is 0 Å². The molecule has 0 saturated carbocycles. The number of hydrogen-bond acceptors (Lipinski definition) is 4. The first-order chi connectivity index (χ1) is 7.27. The molecule has 0 bridgehead atoms. The van der Waals surface area contributed by atoms with Crippen LogP contribution < -0.4 is 5.32 Å². The number of hydrogen-bond donors (Lipinski definition) is 2. The quantitative estimate of drug-likeness (QED) is 0.894. The molecule has 2 heterocycles. The summed E-state index contributed by atoms with van der Waals surface area (Å²) in [5.41, 5.74) is 1.08. The van der Waals surface area contributed by atoms with Crippen molar-refractivity contribution < 1.29 is 0 Å². The first kappa shape index (κ1) is 10.1. The van der Waals surface area contributed by atoms with Crippen LogP contribution >= 0.6 is 15.9 Å². The van der Waals surface area contributed by atoms with E-state index >= 15 is 0 Å². The van der Waals surface area contributed by atoms with Gasteiger partial charge < -0.3 is 5.32 Å². The topological polar surface area (TPSA) is 66.5 Å². The van der Waals surface area contributed by atoms with Crippen molar-refractivity contribution in [2.75, 3.05) is 5.32 Å². The van der Waals surface area contributed by atoms with Crippen molar-refractivity contribution in [1.29, 1.82) is 0 Å². The molecule has 2 N–H and O–H groups in total. The third-order valence-electron chi connectivity index (χ3n) is 2.04. The van der Waals surface area contributed by atoms with Crippen molar-refractivity contribution in [2.45, 2.75) is 13.0 Å². The Hall–Kier alpha value is -1.43. The van der Waals surface area contributed by atoms with E-state index in [2.05, 4.69) is 41.4 Å². The monoisotopic (exact) mass is 267 g/mol. The van der Waals surface area contributed by atoms with Gasteiger partial charge in [0.1, 0.15) is 12.1 Å². The number of H-pyrrole nitrogens is 1. The molecule has 0 radical (unpaired) electrons. The van der Waals surface area contributed by atoms with Crippen LogP contribution in [0.1, 0.15) is 18.5 Å². The lowest BCUT2D eigenvalue weighted by Crippen LogP contribution is -2.07. The van der Waals surface area contributed by atoms with Crippen molar-refractivity contribution in [1.82, 2.24) is 20.2 Å². The molecule has 2 rings (SSSR count). The SMILES string of the molecule is CC(Nc1ncncc1Br)c1cn[nH]c1. The van der Waals surface area contributed by atoms with Gasteiger partial charge in [-0.15, -0.1) is 0 Å². The molecule has 0 saturated heterocycles. The normalized spacial score (nSPS) is 12.4. The van der Waals surface area contributed by atoms with Crippen LogP contribution in [-0.2, 0) is 0 Å². The number of aromatic nitrogens is 4. The molecule has 0 amide bonds. The molecule has 0 aliphatic heterocycles. The molecular formula is C9H10BrN5. The molecule has 6 heteroatoms. The third-order valence-corrected chi connectivity index (χ3v) is 2.62. The van der Waals surface area contributed by atoms with E-state index in [0.29, 0.717) is 0 Å². The Labute approximate surface area is 95.5 Å². The number of nitrogens with one attached hydrogen (secondary N) is 2. The van der Waals surface area contributed by atoms with Crippen LogP contribution in [0, 0.1) is 0 Å². The average molecular weight is 268 g/mol. The molecule has 2 aromatic rings. The zero-order valence-corrected chi connectivity index (χ0v) is 9.69. The second kappa shape index (κ2) is 4.39. The van der Waals surface area contributed by atoms with Crippen molar-refractivity contribution in [3.8, 4) is 0 Å². The maximum atomic E-state index is 4.13. The van der Waals surface area contributed by atoms with Crippen LogP contribution in [0.25, 0.3) is 0 Å². The fourth-order valence-corrected chi connectivity index (χ4v) is 1.54. The number of halogens is 1. The minimum absolute atomic E-state index is 0.148. The first-order valence-electron chi connectivity index (χ1n) is 4.48. The average Bonchev–Trinajstić information content (AvgIpc) is 2.74. The van der Waals surface area contributed by atoms with Gasteiger partial charge in [-0.1, -0.05) is 0 Å². The molecule has 0 fully saturated rings. The third kappa shape index (κ3) is 2.33. The molecule has 5 nitrogen and oxygen atoms in total. The van der Waals surface area contributed by atoms with E-state index in [1.165, 1.54) is 6.33 Å². The second-order valence-electron chi connectivity index (χ2n) is 3.12. The Morgan fingerprint density at radius 3 is 3.00 bits per heavy atom. The second-order valence-corrected chi connectivity index (χ2v) is 3.97. The first-order valence-corrected chi connectivity index (χ1v) is 5.27. The van der Waals surface area contributed by atoms with Crippen LogP contribution in [-0.4, -0.2) is 20.2 Å². The maximum absolute atomic E-state index is 4.13. The van der Waals surface area contributed by atoms with Gasteiger partial charge in [-0.25, -0.2) is 9.97 Å². The minimum Gasteiger partial charge on any atom is -0.362 e. The van der Waals surface area contributed by atoms with Crippen LogP contribution in [0.15, 0.2) is 29.4 Å². The summed E-state index contributed by atoms with van der Waals surface area (Å²) in [6.45, 7) is 2.04. The molecule has 0 spiro atoms. The van der Waals surface area contributed by atoms with E-state index in [9.17, 15) is 0 Å². The Balaban J connectivity index is 2.13. The zero-order chi connectivity index (χ0) is 10.7. The van der Waals surface area contributed by atoms with Crippen molar-refractivity contribution >= 4 is 21.7 Å². The van der Waals surface area contributed by atoms with E-state index in [-0.39, 0.29) is 6.04 Å². The standard InChI is InChI=1S/C9H10BrN5/c1-6(7-2-13-14-3-7)15-9-8(10)4-11-5-12-9/h2-6H,1H3,(H,13,14)(H,11,12,15). The lowest BCUT2D eigenvalue weighted by Gasteiger charge is -2.13. The molecule has 1 unspecified atom stereocenters. The summed E-state index contributed by atoms with van der Waals surface area (Å²) in [7, 11) is 0. The summed E-state index contributed by atoms with van der Waals surface area (Å²) >= 11 is 3.38. The number of aromatic amines is 1. The lowest BCUT2D eigenvalue weighted by molar-refractivity contribution is 0.871. The predicted molar refractivity (Wildman–Crippen MR) is 60.4 cm³/mol. The number of rotatable bonds is 3. The highest BCUT2D eigenvalue weighted by Crippen LogP contribution is 2.22. The molecule has 0 aliphatic carbocycles. The van der Waals surface area contributed by atoms with Crippen LogP contribution in [0.4, 0.5) is 5.82 Å². The van der Waals surface area contributed by atoms with Gasteiger partial charge in [0.2, 0.25) is 0 Å². The van der Waals surface area contributed by atoms with Gasteiger partial charge >= 0.3 is 0 Å². The predicted octanol–water partition coefficient (Wildman–Crippen LogP) is 2.14. The number of nitrogens with zero attached hydrogens (tertiary/aromatic N) is 3. The fraction of sp³-hybridized carbons (Fsp3) is 0.222.